The Balaban J connectivity index is 2.18. The maximum Gasteiger partial charge on any atom is 0.260 e. The lowest BCUT2D eigenvalue weighted by Crippen LogP contribution is -2.48. The van der Waals surface area contributed by atoms with Crippen LogP contribution >= 0.6 is 0 Å². The van der Waals surface area contributed by atoms with Crippen molar-refractivity contribution in [3.8, 4) is 0 Å². The van der Waals surface area contributed by atoms with Crippen molar-refractivity contribution in [3.05, 3.63) is 12.3 Å². The van der Waals surface area contributed by atoms with Crippen molar-refractivity contribution in [1.82, 2.24) is 19.4 Å². The van der Waals surface area contributed by atoms with Crippen molar-refractivity contribution in [2.45, 2.75) is 11.1 Å². The van der Waals surface area contributed by atoms with E-state index in [1.54, 1.807) is 7.05 Å². The molecule has 1 fully saturated rings. The third-order valence-corrected chi connectivity index (χ3v) is 4.85. The molecule has 0 amide bonds. The van der Waals surface area contributed by atoms with E-state index in [1.807, 2.05) is 7.05 Å². The highest BCUT2D eigenvalue weighted by Crippen LogP contribution is 2.17. The van der Waals surface area contributed by atoms with E-state index >= 15 is 0 Å². The van der Waals surface area contributed by atoms with E-state index in [4.69, 9.17) is 4.74 Å². The summed E-state index contributed by atoms with van der Waals surface area (Å²) in [6.45, 7) is 1.81. The van der Waals surface area contributed by atoms with Crippen LogP contribution < -0.4 is 5.32 Å². The minimum Gasteiger partial charge on any atom is -0.374 e. The summed E-state index contributed by atoms with van der Waals surface area (Å²) in [5.41, 5.74) is 0. The Labute approximate surface area is 107 Å². The quantitative estimate of drug-likeness (QED) is 0.764. The summed E-state index contributed by atoms with van der Waals surface area (Å²) in [6, 6.07) is 1.51. The fraction of sp³-hybridized carbons (Fsp3) is 0.700. The second-order valence-electron chi connectivity index (χ2n) is 4.21. The molecular formula is C10H18N4O3S. The zero-order valence-electron chi connectivity index (χ0n) is 10.5. The SMILES string of the molecule is CNCC1CN(S(=O)(=O)c2ccnn2C)CCO1. The number of likely N-dealkylation sites (N-methyl/N-ethyl adjacent to an activating group) is 1. The molecule has 2 heterocycles. The van der Waals surface area contributed by atoms with E-state index in [1.165, 1.54) is 21.3 Å². The smallest absolute Gasteiger partial charge is 0.260 e. The second-order valence-corrected chi connectivity index (χ2v) is 6.09. The van der Waals surface area contributed by atoms with Gasteiger partial charge in [-0.3, -0.25) is 4.68 Å². The molecule has 0 aromatic carbocycles. The predicted octanol–water partition coefficient (Wildman–Crippen LogP) is -0.971. The molecule has 1 aliphatic heterocycles. The number of morpholine rings is 1. The highest BCUT2D eigenvalue weighted by atomic mass is 32.2. The Morgan fingerprint density at radius 3 is 3.00 bits per heavy atom. The maximum absolute atomic E-state index is 12.4. The standard InChI is InChI=1S/C10H18N4O3S/c1-11-7-9-8-14(5-6-17-9)18(15,16)10-3-4-12-13(10)2/h3-4,9,11H,5-8H2,1-2H3. The maximum atomic E-state index is 12.4. The molecule has 1 unspecified atom stereocenters. The van der Waals surface area contributed by atoms with Crippen molar-refractivity contribution < 1.29 is 13.2 Å². The van der Waals surface area contributed by atoms with Crippen molar-refractivity contribution in [2.24, 2.45) is 7.05 Å². The summed E-state index contributed by atoms with van der Waals surface area (Å²) in [5, 5.41) is 7.11. The molecule has 7 nitrogen and oxygen atoms in total. The fourth-order valence-electron chi connectivity index (χ4n) is 2.01. The molecule has 102 valence electrons. The van der Waals surface area contributed by atoms with Crippen LogP contribution in [0.5, 0.6) is 0 Å². The van der Waals surface area contributed by atoms with Crippen LogP contribution in [0.1, 0.15) is 0 Å². The van der Waals surface area contributed by atoms with Crippen LogP contribution in [0.25, 0.3) is 0 Å². The van der Waals surface area contributed by atoms with Gasteiger partial charge in [0, 0.05) is 26.7 Å². The highest BCUT2D eigenvalue weighted by molar-refractivity contribution is 7.89. The molecule has 2 rings (SSSR count). The van der Waals surface area contributed by atoms with Gasteiger partial charge >= 0.3 is 0 Å². The van der Waals surface area contributed by atoms with E-state index in [-0.39, 0.29) is 11.1 Å². The minimum atomic E-state index is -3.47. The molecule has 0 spiro atoms. The van der Waals surface area contributed by atoms with E-state index < -0.39 is 10.0 Å². The topological polar surface area (TPSA) is 76.5 Å². The fourth-order valence-corrected chi connectivity index (χ4v) is 3.56. The predicted molar refractivity (Wildman–Crippen MR) is 65.6 cm³/mol. The molecule has 1 aromatic rings. The summed E-state index contributed by atoms with van der Waals surface area (Å²) in [7, 11) is -0.0338. The van der Waals surface area contributed by atoms with Crippen molar-refractivity contribution in [2.75, 3.05) is 33.3 Å². The number of aromatic nitrogens is 2. The lowest BCUT2D eigenvalue weighted by atomic mass is 10.3. The molecule has 0 bridgehead atoms. The monoisotopic (exact) mass is 274 g/mol. The second kappa shape index (κ2) is 5.35. The van der Waals surface area contributed by atoms with Gasteiger partial charge in [-0.1, -0.05) is 0 Å². The van der Waals surface area contributed by atoms with E-state index in [2.05, 4.69) is 10.4 Å². The van der Waals surface area contributed by atoms with Gasteiger partial charge in [0.1, 0.15) is 0 Å². The van der Waals surface area contributed by atoms with Gasteiger partial charge in [-0.15, -0.1) is 0 Å². The first kappa shape index (κ1) is 13.5. The largest absolute Gasteiger partial charge is 0.374 e. The number of hydrogen-bond donors (Lipinski definition) is 1. The van der Waals surface area contributed by atoms with Crippen LogP contribution in [-0.4, -0.2) is 61.9 Å². The molecule has 0 aliphatic carbocycles. The summed E-state index contributed by atoms with van der Waals surface area (Å²) in [6.07, 6.45) is 1.38. The lowest BCUT2D eigenvalue weighted by Gasteiger charge is -2.31. The molecule has 1 atom stereocenters. The lowest BCUT2D eigenvalue weighted by molar-refractivity contribution is 0.000694. The van der Waals surface area contributed by atoms with Gasteiger partial charge in [0.15, 0.2) is 5.03 Å². The Kier molecular flexibility index (Phi) is 4.00. The van der Waals surface area contributed by atoms with Crippen LogP contribution in [0.15, 0.2) is 17.3 Å². The van der Waals surface area contributed by atoms with E-state index in [0.717, 1.165) is 0 Å². The molecule has 0 saturated carbocycles. The molecule has 18 heavy (non-hydrogen) atoms. The Morgan fingerprint density at radius 2 is 2.39 bits per heavy atom. The molecule has 8 heteroatoms. The van der Waals surface area contributed by atoms with Crippen LogP contribution in [0.4, 0.5) is 0 Å². The summed E-state index contributed by atoms with van der Waals surface area (Å²) >= 11 is 0. The third-order valence-electron chi connectivity index (χ3n) is 2.91. The molecule has 1 aromatic heterocycles. The summed E-state index contributed by atoms with van der Waals surface area (Å²) in [5.74, 6) is 0. The average Bonchev–Trinajstić information content (AvgIpc) is 2.77. The van der Waals surface area contributed by atoms with Crippen molar-refractivity contribution in [1.29, 1.82) is 0 Å². The number of hydrogen-bond acceptors (Lipinski definition) is 5. The van der Waals surface area contributed by atoms with Crippen LogP contribution in [-0.2, 0) is 21.8 Å². The number of rotatable bonds is 4. The Morgan fingerprint density at radius 1 is 1.61 bits per heavy atom. The van der Waals surface area contributed by atoms with E-state index in [0.29, 0.717) is 26.2 Å². The molecule has 0 radical (unpaired) electrons. The van der Waals surface area contributed by atoms with Crippen molar-refractivity contribution >= 4 is 10.0 Å². The summed E-state index contributed by atoms with van der Waals surface area (Å²) in [4.78, 5) is 0. The zero-order valence-corrected chi connectivity index (χ0v) is 11.4. The highest BCUT2D eigenvalue weighted by Gasteiger charge is 2.32. The van der Waals surface area contributed by atoms with Crippen LogP contribution in [0.3, 0.4) is 0 Å². The minimum absolute atomic E-state index is 0.105. The van der Waals surface area contributed by atoms with Gasteiger partial charge in [0.25, 0.3) is 10.0 Å². The number of ether oxygens (including phenoxy) is 1. The first-order valence-electron chi connectivity index (χ1n) is 5.80. The molecule has 1 aliphatic rings. The zero-order chi connectivity index (χ0) is 13.2. The Bertz CT molecular complexity index is 497. The van der Waals surface area contributed by atoms with Gasteiger partial charge in [-0.25, -0.2) is 8.42 Å². The van der Waals surface area contributed by atoms with E-state index in [9.17, 15) is 8.42 Å². The molecule has 1 saturated heterocycles. The first-order chi connectivity index (χ1) is 8.55. The van der Waals surface area contributed by atoms with Gasteiger partial charge < -0.3 is 10.1 Å². The first-order valence-corrected chi connectivity index (χ1v) is 7.24. The Hall–Kier alpha value is -0.960. The number of nitrogens with zero attached hydrogens (tertiary/aromatic N) is 3. The van der Waals surface area contributed by atoms with Crippen LogP contribution in [0.2, 0.25) is 0 Å². The van der Waals surface area contributed by atoms with Crippen LogP contribution in [0, 0.1) is 0 Å². The molecule has 1 N–H and O–H groups in total. The molecular weight excluding hydrogens is 256 g/mol. The van der Waals surface area contributed by atoms with Gasteiger partial charge in [-0.2, -0.15) is 9.40 Å². The van der Waals surface area contributed by atoms with Gasteiger partial charge in [-0.05, 0) is 13.1 Å². The number of nitrogens with one attached hydrogen (secondary N) is 1. The van der Waals surface area contributed by atoms with Gasteiger partial charge in [0.2, 0.25) is 0 Å². The average molecular weight is 274 g/mol. The third kappa shape index (κ3) is 2.56. The van der Waals surface area contributed by atoms with Gasteiger partial charge in [0.05, 0.1) is 18.9 Å². The normalized spacial score (nSPS) is 22.2. The van der Waals surface area contributed by atoms with Crippen molar-refractivity contribution in [3.63, 3.8) is 0 Å². The summed E-state index contributed by atoms with van der Waals surface area (Å²) < 4.78 is 33.1. The number of sulfonamides is 1. The number of aryl methyl sites for hydroxylation is 1.